The first-order valence-corrected chi connectivity index (χ1v) is 8.42. The van der Waals surface area contributed by atoms with Crippen molar-refractivity contribution >= 4 is 11.3 Å². The van der Waals surface area contributed by atoms with E-state index in [1.54, 1.807) is 11.3 Å². The highest BCUT2D eigenvalue weighted by Gasteiger charge is 2.34. The van der Waals surface area contributed by atoms with Crippen LogP contribution in [0, 0.1) is 0 Å². The topological polar surface area (TPSA) is 28.2 Å². The molecule has 3 rings (SSSR count). The van der Waals surface area contributed by atoms with Crippen molar-refractivity contribution in [1.82, 2.24) is 15.2 Å². The molecule has 2 heterocycles. The number of nitrogens with one attached hydrogen (secondary N) is 1. The van der Waals surface area contributed by atoms with Crippen LogP contribution in [0.1, 0.15) is 24.4 Å². The van der Waals surface area contributed by atoms with Crippen LogP contribution >= 0.6 is 11.3 Å². The predicted octanol–water partition coefficient (Wildman–Crippen LogP) is 2.94. The molecule has 0 saturated carbocycles. The Labute approximate surface area is 131 Å². The molecule has 1 aliphatic heterocycles. The molecular weight excluding hydrogens is 278 g/mol. The van der Waals surface area contributed by atoms with Crippen molar-refractivity contribution in [2.75, 3.05) is 13.1 Å². The zero-order valence-electron chi connectivity index (χ0n) is 12.7. The number of rotatable bonds is 4. The Morgan fingerprint density at radius 2 is 2.14 bits per heavy atom. The predicted molar refractivity (Wildman–Crippen MR) is 88.5 cm³/mol. The second kappa shape index (κ2) is 6.26. The van der Waals surface area contributed by atoms with Gasteiger partial charge in [0.15, 0.2) is 0 Å². The van der Waals surface area contributed by atoms with Gasteiger partial charge in [-0.15, -0.1) is 11.3 Å². The molecule has 2 aromatic rings. The van der Waals surface area contributed by atoms with E-state index in [-0.39, 0.29) is 5.54 Å². The fourth-order valence-corrected chi connectivity index (χ4v) is 3.52. The average Bonchev–Trinajstić information content (AvgIpc) is 2.97. The van der Waals surface area contributed by atoms with Gasteiger partial charge in [0.25, 0.3) is 0 Å². The van der Waals surface area contributed by atoms with Gasteiger partial charge in [-0.3, -0.25) is 4.90 Å². The highest BCUT2D eigenvalue weighted by molar-refractivity contribution is 7.09. The normalized spacial score (nSPS) is 22.3. The van der Waals surface area contributed by atoms with Crippen LogP contribution in [0.2, 0.25) is 0 Å². The van der Waals surface area contributed by atoms with E-state index in [1.165, 1.54) is 10.6 Å². The molecule has 0 spiro atoms. The van der Waals surface area contributed by atoms with Crippen molar-refractivity contribution in [1.29, 1.82) is 0 Å². The van der Waals surface area contributed by atoms with Crippen molar-refractivity contribution in [3.8, 4) is 0 Å². The third kappa shape index (κ3) is 3.70. The quantitative estimate of drug-likeness (QED) is 0.941. The van der Waals surface area contributed by atoms with E-state index in [0.29, 0.717) is 6.04 Å². The molecule has 21 heavy (non-hydrogen) atoms. The second-order valence-corrected chi connectivity index (χ2v) is 7.37. The summed E-state index contributed by atoms with van der Waals surface area (Å²) in [7, 11) is 0. The fraction of sp³-hybridized carbons (Fsp3) is 0.471. The van der Waals surface area contributed by atoms with Crippen LogP contribution in [-0.4, -0.2) is 34.6 Å². The summed E-state index contributed by atoms with van der Waals surface area (Å²) in [6.45, 7) is 7.67. The number of nitrogens with zero attached hydrogens (tertiary/aromatic N) is 2. The second-order valence-electron chi connectivity index (χ2n) is 6.39. The molecule has 1 atom stereocenters. The van der Waals surface area contributed by atoms with Crippen LogP contribution in [0.25, 0.3) is 0 Å². The molecule has 1 unspecified atom stereocenters. The lowest BCUT2D eigenvalue weighted by molar-refractivity contribution is 0.0585. The average molecular weight is 301 g/mol. The molecular formula is C17H23N3S. The van der Waals surface area contributed by atoms with Crippen molar-refractivity contribution < 1.29 is 0 Å². The highest BCUT2D eigenvalue weighted by atomic mass is 32.1. The van der Waals surface area contributed by atoms with Crippen molar-refractivity contribution in [3.63, 3.8) is 0 Å². The molecule has 1 aromatic carbocycles. The summed E-state index contributed by atoms with van der Waals surface area (Å²) in [5, 5.41) is 6.98. The third-order valence-corrected chi connectivity index (χ3v) is 5.02. The minimum Gasteiger partial charge on any atom is -0.311 e. The molecule has 1 aliphatic rings. The Bertz CT molecular complexity index is 551. The largest absolute Gasteiger partial charge is 0.311 e. The van der Waals surface area contributed by atoms with Crippen LogP contribution in [0.4, 0.5) is 0 Å². The fourth-order valence-electron chi connectivity index (χ4n) is 2.89. The lowest BCUT2D eigenvalue weighted by Gasteiger charge is -2.46. The zero-order valence-corrected chi connectivity index (χ0v) is 13.6. The minimum absolute atomic E-state index is 0.179. The van der Waals surface area contributed by atoms with Gasteiger partial charge in [0.05, 0.1) is 6.54 Å². The molecule has 4 heteroatoms. The van der Waals surface area contributed by atoms with Gasteiger partial charge in [0.1, 0.15) is 5.01 Å². The molecule has 0 amide bonds. The monoisotopic (exact) mass is 301 g/mol. The molecule has 1 N–H and O–H groups in total. The van der Waals surface area contributed by atoms with E-state index >= 15 is 0 Å². The molecule has 0 bridgehead atoms. The van der Waals surface area contributed by atoms with Gasteiger partial charge in [-0.25, -0.2) is 4.98 Å². The van der Waals surface area contributed by atoms with Crippen LogP contribution in [0.15, 0.2) is 41.9 Å². The van der Waals surface area contributed by atoms with Gasteiger partial charge in [0, 0.05) is 36.2 Å². The Kier molecular flexibility index (Phi) is 4.38. The van der Waals surface area contributed by atoms with Crippen molar-refractivity contribution in [3.05, 3.63) is 52.5 Å². The molecule has 0 aliphatic carbocycles. The molecule has 1 aromatic heterocycles. The summed E-state index contributed by atoms with van der Waals surface area (Å²) < 4.78 is 0. The summed E-state index contributed by atoms with van der Waals surface area (Å²) in [5.41, 5.74) is 1.59. The Morgan fingerprint density at radius 1 is 1.33 bits per heavy atom. The summed E-state index contributed by atoms with van der Waals surface area (Å²) in [6.07, 6.45) is 2.99. The number of benzene rings is 1. The number of hydrogen-bond donors (Lipinski definition) is 1. The van der Waals surface area contributed by atoms with E-state index in [9.17, 15) is 0 Å². The van der Waals surface area contributed by atoms with Crippen LogP contribution in [0.3, 0.4) is 0 Å². The van der Waals surface area contributed by atoms with E-state index in [4.69, 9.17) is 0 Å². The first-order valence-electron chi connectivity index (χ1n) is 7.54. The SMILES string of the molecule is CC1(C)CNC(Cc2ccccc2)CN1Cc1nccs1. The number of aromatic nitrogens is 1. The highest BCUT2D eigenvalue weighted by Crippen LogP contribution is 2.23. The van der Waals surface area contributed by atoms with E-state index in [1.807, 2.05) is 6.20 Å². The Morgan fingerprint density at radius 3 is 2.86 bits per heavy atom. The van der Waals surface area contributed by atoms with E-state index < -0.39 is 0 Å². The lowest BCUT2D eigenvalue weighted by Crippen LogP contribution is -2.61. The molecule has 112 valence electrons. The van der Waals surface area contributed by atoms with Gasteiger partial charge in [-0.05, 0) is 25.8 Å². The van der Waals surface area contributed by atoms with Crippen LogP contribution in [-0.2, 0) is 13.0 Å². The Hall–Kier alpha value is -1.23. The van der Waals surface area contributed by atoms with Crippen LogP contribution in [0.5, 0.6) is 0 Å². The standard InChI is InChI=1S/C17H23N3S/c1-17(2)13-19-15(10-14-6-4-3-5-7-14)11-20(17)12-16-18-8-9-21-16/h3-9,15,19H,10-13H2,1-2H3. The number of piperazine rings is 1. The van der Waals surface area contributed by atoms with Gasteiger partial charge in [-0.1, -0.05) is 30.3 Å². The van der Waals surface area contributed by atoms with Gasteiger partial charge >= 0.3 is 0 Å². The summed E-state index contributed by atoms with van der Waals surface area (Å²) in [6, 6.07) is 11.3. The molecule has 1 saturated heterocycles. The number of thiazole rings is 1. The molecule has 3 nitrogen and oxygen atoms in total. The molecule has 0 radical (unpaired) electrons. The van der Waals surface area contributed by atoms with Gasteiger partial charge in [-0.2, -0.15) is 0 Å². The third-order valence-electron chi connectivity index (χ3n) is 4.25. The van der Waals surface area contributed by atoms with E-state index in [2.05, 4.69) is 64.8 Å². The summed E-state index contributed by atoms with van der Waals surface area (Å²) >= 11 is 1.75. The maximum atomic E-state index is 4.44. The first-order chi connectivity index (χ1) is 10.1. The van der Waals surface area contributed by atoms with Gasteiger partial charge in [0.2, 0.25) is 0 Å². The maximum Gasteiger partial charge on any atom is 0.107 e. The smallest absolute Gasteiger partial charge is 0.107 e. The van der Waals surface area contributed by atoms with E-state index in [0.717, 1.165) is 26.1 Å². The number of hydrogen-bond acceptors (Lipinski definition) is 4. The first kappa shape index (κ1) is 14.7. The Balaban J connectivity index is 1.66. The van der Waals surface area contributed by atoms with Crippen molar-refractivity contribution in [2.24, 2.45) is 0 Å². The van der Waals surface area contributed by atoms with Crippen LogP contribution < -0.4 is 5.32 Å². The van der Waals surface area contributed by atoms with Gasteiger partial charge < -0.3 is 5.32 Å². The van der Waals surface area contributed by atoms with Crippen molar-refractivity contribution in [2.45, 2.75) is 38.4 Å². The maximum absolute atomic E-state index is 4.44. The summed E-state index contributed by atoms with van der Waals surface area (Å²) in [4.78, 5) is 7.01. The minimum atomic E-state index is 0.179. The zero-order chi connectivity index (χ0) is 14.7. The molecule has 1 fully saturated rings. The lowest BCUT2D eigenvalue weighted by atomic mass is 9.94. The summed E-state index contributed by atoms with van der Waals surface area (Å²) in [5.74, 6) is 0.